The first kappa shape index (κ1) is 14.6. The van der Waals surface area contributed by atoms with Gasteiger partial charge in [0.25, 0.3) is 5.91 Å². The van der Waals surface area contributed by atoms with E-state index in [9.17, 15) is 4.79 Å². The van der Waals surface area contributed by atoms with Crippen LogP contribution in [0.3, 0.4) is 0 Å². The van der Waals surface area contributed by atoms with Crippen molar-refractivity contribution in [3.63, 3.8) is 0 Å². The molecule has 0 unspecified atom stereocenters. The molecule has 1 aromatic heterocycles. The number of hydrogen-bond donors (Lipinski definition) is 0. The third-order valence-electron chi connectivity index (χ3n) is 3.34. The predicted octanol–water partition coefficient (Wildman–Crippen LogP) is 4.32. The summed E-state index contributed by atoms with van der Waals surface area (Å²) in [7, 11) is 0. The Morgan fingerprint density at radius 3 is 2.71 bits per heavy atom. The summed E-state index contributed by atoms with van der Waals surface area (Å²) in [5, 5.41) is 8.64. The van der Waals surface area contributed by atoms with Gasteiger partial charge in [0.1, 0.15) is 5.88 Å². The van der Waals surface area contributed by atoms with E-state index in [1.165, 1.54) is 5.01 Å². The van der Waals surface area contributed by atoms with Gasteiger partial charge in [-0.1, -0.05) is 29.8 Å². The Kier molecular flexibility index (Phi) is 4.29. The summed E-state index contributed by atoms with van der Waals surface area (Å²) in [5.74, 6) is -0.270. The highest BCUT2D eigenvalue weighted by Crippen LogP contribution is 2.34. The molecule has 0 fully saturated rings. The molecule has 0 bridgehead atoms. The van der Waals surface area contributed by atoms with Crippen LogP contribution in [-0.2, 0) is 4.79 Å². The van der Waals surface area contributed by atoms with Crippen molar-refractivity contribution >= 4 is 46.2 Å². The first-order chi connectivity index (χ1) is 10.2. The van der Waals surface area contributed by atoms with Crippen LogP contribution in [0.15, 0.2) is 46.9 Å². The molecule has 1 aromatic carbocycles. The minimum absolute atomic E-state index is 0.0781. The molecule has 0 spiro atoms. The fraction of sp³-hybridized carbons (Fsp3) is 0.200. The molecule has 1 amide bonds. The van der Waals surface area contributed by atoms with Gasteiger partial charge in [-0.2, -0.15) is 5.10 Å². The molecule has 3 rings (SSSR count). The van der Waals surface area contributed by atoms with Crippen LogP contribution in [0.5, 0.6) is 0 Å². The van der Waals surface area contributed by atoms with E-state index >= 15 is 0 Å². The largest absolute Gasteiger partial charge is 0.272 e. The van der Waals surface area contributed by atoms with Gasteiger partial charge in [-0.15, -0.1) is 22.9 Å². The van der Waals surface area contributed by atoms with Gasteiger partial charge in [0.2, 0.25) is 0 Å². The highest BCUT2D eigenvalue weighted by atomic mass is 35.5. The van der Waals surface area contributed by atoms with Crippen LogP contribution in [-0.4, -0.2) is 22.5 Å². The van der Waals surface area contributed by atoms with Crippen molar-refractivity contribution in [2.75, 3.05) is 5.88 Å². The van der Waals surface area contributed by atoms with Gasteiger partial charge in [-0.05, 0) is 29.1 Å². The molecule has 1 aliphatic heterocycles. The summed E-state index contributed by atoms with van der Waals surface area (Å²) < 4.78 is 0. The van der Waals surface area contributed by atoms with Crippen LogP contribution in [0, 0.1) is 0 Å². The molecule has 21 heavy (non-hydrogen) atoms. The summed E-state index contributed by atoms with van der Waals surface area (Å²) in [5.41, 5.74) is 1.93. The number of rotatable bonds is 3. The highest BCUT2D eigenvalue weighted by Gasteiger charge is 2.32. The van der Waals surface area contributed by atoms with E-state index in [-0.39, 0.29) is 17.8 Å². The fourth-order valence-electron chi connectivity index (χ4n) is 2.34. The van der Waals surface area contributed by atoms with Gasteiger partial charge < -0.3 is 0 Å². The Hall–Kier alpha value is -1.36. The van der Waals surface area contributed by atoms with Gasteiger partial charge in [-0.25, -0.2) is 5.01 Å². The number of alkyl halides is 1. The average Bonchev–Trinajstić information content (AvgIpc) is 3.16. The first-order valence-electron chi connectivity index (χ1n) is 6.44. The van der Waals surface area contributed by atoms with Gasteiger partial charge in [-0.3, -0.25) is 4.79 Å². The lowest BCUT2D eigenvalue weighted by Crippen LogP contribution is -2.27. The van der Waals surface area contributed by atoms with Gasteiger partial charge in [0.15, 0.2) is 0 Å². The van der Waals surface area contributed by atoms with Crippen molar-refractivity contribution in [2.24, 2.45) is 5.10 Å². The van der Waals surface area contributed by atoms with Crippen LogP contribution in [0.2, 0.25) is 5.02 Å². The van der Waals surface area contributed by atoms with E-state index in [1.807, 2.05) is 41.8 Å². The zero-order valence-corrected chi connectivity index (χ0v) is 13.3. The van der Waals surface area contributed by atoms with E-state index < -0.39 is 0 Å². The topological polar surface area (TPSA) is 32.7 Å². The molecule has 0 saturated heterocycles. The van der Waals surface area contributed by atoms with Crippen molar-refractivity contribution < 1.29 is 4.79 Å². The molecule has 0 aliphatic carbocycles. The third kappa shape index (κ3) is 2.98. The standard InChI is InChI=1S/C15H12Cl2N2OS/c16-9-15(20)19-13(10-3-5-11(17)6-4-10)8-12(18-19)14-2-1-7-21-14/h1-7,13H,8-9H2/t13-/m0/s1. The number of hydrazone groups is 1. The second-order valence-corrected chi connectivity index (χ2v) is 6.32. The number of halogens is 2. The molecule has 0 N–H and O–H groups in total. The maximum absolute atomic E-state index is 12.0. The van der Waals surface area contributed by atoms with E-state index in [4.69, 9.17) is 23.2 Å². The molecule has 1 aliphatic rings. The zero-order chi connectivity index (χ0) is 14.8. The Labute approximate surface area is 136 Å². The normalized spacial score (nSPS) is 17.9. The number of hydrogen-bond acceptors (Lipinski definition) is 3. The van der Waals surface area contributed by atoms with E-state index in [0.717, 1.165) is 16.2 Å². The maximum Gasteiger partial charge on any atom is 0.258 e. The van der Waals surface area contributed by atoms with Crippen LogP contribution in [0.4, 0.5) is 0 Å². The number of carbonyl (C=O) groups is 1. The molecule has 3 nitrogen and oxygen atoms in total. The van der Waals surface area contributed by atoms with E-state index in [0.29, 0.717) is 11.4 Å². The van der Waals surface area contributed by atoms with E-state index in [2.05, 4.69) is 5.10 Å². The third-order valence-corrected chi connectivity index (χ3v) is 4.74. The molecular weight excluding hydrogens is 327 g/mol. The molecule has 2 heterocycles. The van der Waals surface area contributed by atoms with Crippen LogP contribution >= 0.6 is 34.5 Å². The van der Waals surface area contributed by atoms with Gasteiger partial charge >= 0.3 is 0 Å². The quantitative estimate of drug-likeness (QED) is 0.767. The minimum atomic E-state index is -0.192. The molecule has 0 saturated carbocycles. The Bertz CT molecular complexity index is 667. The number of thiophene rings is 1. The number of amides is 1. The summed E-state index contributed by atoms with van der Waals surface area (Å²) in [6.45, 7) is 0. The molecule has 1 atom stereocenters. The summed E-state index contributed by atoms with van der Waals surface area (Å²) in [4.78, 5) is 13.1. The van der Waals surface area contributed by atoms with Crippen LogP contribution in [0.25, 0.3) is 0 Å². The van der Waals surface area contributed by atoms with Gasteiger partial charge in [0.05, 0.1) is 16.6 Å². The van der Waals surface area contributed by atoms with Crippen molar-refractivity contribution in [2.45, 2.75) is 12.5 Å². The lowest BCUT2D eigenvalue weighted by atomic mass is 10.0. The molecule has 108 valence electrons. The summed E-state index contributed by atoms with van der Waals surface area (Å²) in [6, 6.07) is 11.4. The number of nitrogens with zero attached hydrogens (tertiary/aromatic N) is 2. The molecule has 2 aromatic rings. The van der Waals surface area contributed by atoms with Crippen LogP contribution in [0.1, 0.15) is 22.9 Å². The molecule has 6 heteroatoms. The highest BCUT2D eigenvalue weighted by molar-refractivity contribution is 7.12. The predicted molar refractivity (Wildman–Crippen MR) is 87.2 cm³/mol. The molecular formula is C15H12Cl2N2OS. The second-order valence-electron chi connectivity index (χ2n) is 4.67. The minimum Gasteiger partial charge on any atom is -0.272 e. The maximum atomic E-state index is 12.0. The summed E-state index contributed by atoms with van der Waals surface area (Å²) >= 11 is 13.2. The number of carbonyl (C=O) groups excluding carboxylic acids is 1. The van der Waals surface area contributed by atoms with Crippen molar-refractivity contribution in [1.82, 2.24) is 5.01 Å². The lowest BCUT2D eigenvalue weighted by molar-refractivity contribution is -0.130. The second kappa shape index (κ2) is 6.18. The van der Waals surface area contributed by atoms with Crippen molar-refractivity contribution in [3.8, 4) is 0 Å². The Balaban J connectivity index is 1.93. The van der Waals surface area contributed by atoms with Gasteiger partial charge in [0, 0.05) is 11.4 Å². The monoisotopic (exact) mass is 338 g/mol. The molecule has 0 radical (unpaired) electrons. The van der Waals surface area contributed by atoms with Crippen molar-refractivity contribution in [1.29, 1.82) is 0 Å². The smallest absolute Gasteiger partial charge is 0.258 e. The fourth-order valence-corrected chi connectivity index (χ4v) is 3.31. The van der Waals surface area contributed by atoms with Crippen molar-refractivity contribution in [3.05, 3.63) is 57.2 Å². The number of benzene rings is 1. The SMILES string of the molecule is O=C(CCl)N1N=C(c2cccs2)C[C@H]1c1ccc(Cl)cc1. The van der Waals surface area contributed by atoms with Crippen LogP contribution < -0.4 is 0 Å². The zero-order valence-electron chi connectivity index (χ0n) is 11.0. The summed E-state index contributed by atoms with van der Waals surface area (Å²) in [6.07, 6.45) is 0.685. The van der Waals surface area contributed by atoms with E-state index in [1.54, 1.807) is 11.3 Å². The Morgan fingerprint density at radius 1 is 1.33 bits per heavy atom. The first-order valence-corrected chi connectivity index (χ1v) is 8.23. The lowest BCUT2D eigenvalue weighted by Gasteiger charge is -2.21. The average molecular weight is 339 g/mol. The Morgan fingerprint density at radius 2 is 2.10 bits per heavy atom.